The van der Waals surface area contributed by atoms with Gasteiger partial charge < -0.3 is 10.6 Å². The highest BCUT2D eigenvalue weighted by atomic mass is 35.5. The summed E-state index contributed by atoms with van der Waals surface area (Å²) >= 11 is 1.52. The molecule has 5 nitrogen and oxygen atoms in total. The molecule has 2 N–H and O–H groups in total. The van der Waals surface area contributed by atoms with Gasteiger partial charge in [-0.25, -0.2) is 4.98 Å². The lowest BCUT2D eigenvalue weighted by Gasteiger charge is -2.36. The summed E-state index contributed by atoms with van der Waals surface area (Å²) in [6.45, 7) is 3.59. The fourth-order valence-electron chi connectivity index (χ4n) is 3.30. The lowest BCUT2D eigenvalue weighted by Crippen LogP contribution is -2.45. The van der Waals surface area contributed by atoms with Crippen LogP contribution in [0.15, 0.2) is 35.7 Å². The van der Waals surface area contributed by atoms with Crippen molar-refractivity contribution in [3.63, 3.8) is 0 Å². The van der Waals surface area contributed by atoms with Gasteiger partial charge in [0.25, 0.3) is 5.91 Å². The number of amides is 1. The number of likely N-dealkylation sites (tertiary alicyclic amines) is 1. The van der Waals surface area contributed by atoms with Crippen LogP contribution in [-0.4, -0.2) is 53.4 Å². The first-order valence-electron chi connectivity index (χ1n) is 8.85. The normalized spacial score (nSPS) is 14.9. The van der Waals surface area contributed by atoms with Crippen LogP contribution in [0.3, 0.4) is 0 Å². The van der Waals surface area contributed by atoms with Gasteiger partial charge in [0.2, 0.25) is 0 Å². The molecule has 1 saturated heterocycles. The summed E-state index contributed by atoms with van der Waals surface area (Å²) < 4.78 is 0. The number of hydrogen-bond donors (Lipinski definition) is 1. The number of hydrogen-bond acceptors (Lipinski definition) is 5. The SMILES string of the molecule is CN(C(=O)c1csc(CCN)n1)C1CCN(Cc2ccccc2)CC1.Cl.Cl. The summed E-state index contributed by atoms with van der Waals surface area (Å²) in [5, 5.41) is 2.80. The lowest BCUT2D eigenvalue weighted by molar-refractivity contribution is 0.0631. The number of benzene rings is 1. The van der Waals surface area contributed by atoms with Crippen LogP contribution in [0.4, 0.5) is 0 Å². The number of rotatable bonds is 6. The largest absolute Gasteiger partial charge is 0.337 e. The average Bonchev–Trinajstić information content (AvgIpc) is 3.11. The molecule has 2 aromatic rings. The average molecular weight is 431 g/mol. The van der Waals surface area contributed by atoms with Gasteiger partial charge in [-0.2, -0.15) is 0 Å². The van der Waals surface area contributed by atoms with E-state index in [0.717, 1.165) is 43.9 Å². The molecular formula is C19H28Cl2N4OS. The fourth-order valence-corrected chi connectivity index (χ4v) is 4.09. The van der Waals surface area contributed by atoms with Gasteiger partial charge in [0.05, 0.1) is 5.01 Å². The molecule has 0 bridgehead atoms. The third-order valence-corrected chi connectivity index (χ3v) is 5.71. The molecular weight excluding hydrogens is 403 g/mol. The Morgan fingerprint density at radius 2 is 1.93 bits per heavy atom. The van der Waals surface area contributed by atoms with Crippen LogP contribution < -0.4 is 5.73 Å². The van der Waals surface area contributed by atoms with Gasteiger partial charge in [-0.05, 0) is 24.9 Å². The van der Waals surface area contributed by atoms with E-state index in [2.05, 4.69) is 34.1 Å². The Bertz CT molecular complexity index is 690. The molecule has 1 aromatic carbocycles. The zero-order chi connectivity index (χ0) is 17.6. The molecule has 0 unspecified atom stereocenters. The van der Waals surface area contributed by atoms with Crippen LogP contribution in [0, 0.1) is 0 Å². The van der Waals surface area contributed by atoms with Crippen molar-refractivity contribution in [3.05, 3.63) is 52.0 Å². The van der Waals surface area contributed by atoms with Crippen molar-refractivity contribution in [1.29, 1.82) is 0 Å². The predicted octanol–water partition coefficient (Wildman–Crippen LogP) is 3.22. The van der Waals surface area contributed by atoms with Gasteiger partial charge in [-0.15, -0.1) is 36.2 Å². The second-order valence-electron chi connectivity index (χ2n) is 6.57. The number of halogens is 2. The Morgan fingerprint density at radius 1 is 1.26 bits per heavy atom. The van der Waals surface area contributed by atoms with E-state index in [4.69, 9.17) is 5.73 Å². The minimum Gasteiger partial charge on any atom is -0.337 e. The molecule has 0 radical (unpaired) electrons. The third kappa shape index (κ3) is 6.43. The van der Waals surface area contributed by atoms with Crippen LogP contribution >= 0.6 is 36.2 Å². The summed E-state index contributed by atoms with van der Waals surface area (Å²) in [4.78, 5) is 21.4. The molecule has 0 atom stereocenters. The summed E-state index contributed by atoms with van der Waals surface area (Å²) in [6.07, 6.45) is 2.75. The van der Waals surface area contributed by atoms with Crippen molar-refractivity contribution >= 4 is 42.1 Å². The van der Waals surface area contributed by atoms with Gasteiger partial charge in [0.15, 0.2) is 0 Å². The molecule has 1 aliphatic heterocycles. The van der Waals surface area contributed by atoms with E-state index in [1.165, 1.54) is 16.9 Å². The Hall–Kier alpha value is -1.18. The molecule has 150 valence electrons. The van der Waals surface area contributed by atoms with Gasteiger partial charge >= 0.3 is 0 Å². The molecule has 1 aromatic heterocycles. The Kier molecular flexibility index (Phi) is 10.3. The van der Waals surface area contributed by atoms with Crippen molar-refractivity contribution in [1.82, 2.24) is 14.8 Å². The van der Waals surface area contributed by atoms with E-state index in [9.17, 15) is 4.79 Å². The van der Waals surface area contributed by atoms with E-state index in [1.807, 2.05) is 23.4 Å². The zero-order valence-electron chi connectivity index (χ0n) is 15.5. The molecule has 1 fully saturated rings. The molecule has 2 heterocycles. The number of nitrogens with two attached hydrogens (primary N) is 1. The van der Waals surface area contributed by atoms with Gasteiger partial charge in [0, 0.05) is 44.5 Å². The quantitative estimate of drug-likeness (QED) is 0.763. The first-order chi connectivity index (χ1) is 12.2. The summed E-state index contributed by atoms with van der Waals surface area (Å²) in [6, 6.07) is 10.8. The number of thiazole rings is 1. The van der Waals surface area contributed by atoms with E-state index >= 15 is 0 Å². The molecule has 8 heteroatoms. The number of aromatic nitrogens is 1. The number of carbonyl (C=O) groups is 1. The standard InChI is InChI=1S/C19H26N4OS.2ClH/c1-22(19(24)17-14-25-18(21-17)7-10-20)16-8-11-23(12-9-16)13-15-5-3-2-4-6-15;;/h2-6,14,16H,7-13,20H2,1H3;2*1H. The summed E-state index contributed by atoms with van der Waals surface area (Å²) in [5.41, 5.74) is 7.46. The number of piperidine rings is 1. The second-order valence-corrected chi connectivity index (χ2v) is 7.52. The van der Waals surface area contributed by atoms with Crippen LogP contribution in [0.5, 0.6) is 0 Å². The highest BCUT2D eigenvalue weighted by Gasteiger charge is 2.27. The highest BCUT2D eigenvalue weighted by molar-refractivity contribution is 7.09. The minimum atomic E-state index is 0. The smallest absolute Gasteiger partial charge is 0.273 e. The van der Waals surface area contributed by atoms with Crippen molar-refractivity contribution in [3.8, 4) is 0 Å². The summed E-state index contributed by atoms with van der Waals surface area (Å²) in [7, 11) is 1.90. The molecule has 0 saturated carbocycles. The maximum absolute atomic E-state index is 12.7. The van der Waals surface area contributed by atoms with E-state index < -0.39 is 0 Å². The maximum atomic E-state index is 12.7. The Labute approximate surface area is 177 Å². The van der Waals surface area contributed by atoms with E-state index in [1.54, 1.807) is 0 Å². The van der Waals surface area contributed by atoms with Crippen LogP contribution in [0.1, 0.15) is 33.9 Å². The van der Waals surface area contributed by atoms with E-state index in [0.29, 0.717) is 18.3 Å². The maximum Gasteiger partial charge on any atom is 0.273 e. The molecule has 0 spiro atoms. The number of carbonyl (C=O) groups excluding carboxylic acids is 1. The van der Waals surface area contributed by atoms with Crippen molar-refractivity contribution in [2.45, 2.75) is 31.8 Å². The predicted molar refractivity (Wildman–Crippen MR) is 116 cm³/mol. The zero-order valence-corrected chi connectivity index (χ0v) is 18.0. The molecule has 27 heavy (non-hydrogen) atoms. The lowest BCUT2D eigenvalue weighted by atomic mass is 10.0. The van der Waals surface area contributed by atoms with Crippen LogP contribution in [0.2, 0.25) is 0 Å². The number of nitrogens with zero attached hydrogens (tertiary/aromatic N) is 3. The minimum absolute atomic E-state index is 0. The monoisotopic (exact) mass is 430 g/mol. The first kappa shape index (κ1) is 23.9. The van der Waals surface area contributed by atoms with Crippen molar-refractivity contribution < 1.29 is 4.79 Å². The molecule has 0 aliphatic carbocycles. The molecule has 1 aliphatic rings. The Balaban J connectivity index is 0.00000182. The Morgan fingerprint density at radius 3 is 2.56 bits per heavy atom. The highest BCUT2D eigenvalue weighted by Crippen LogP contribution is 2.20. The molecule has 1 amide bonds. The topological polar surface area (TPSA) is 62.5 Å². The third-order valence-electron chi connectivity index (χ3n) is 4.80. The van der Waals surface area contributed by atoms with Crippen LogP contribution in [0.25, 0.3) is 0 Å². The van der Waals surface area contributed by atoms with E-state index in [-0.39, 0.29) is 30.7 Å². The summed E-state index contributed by atoms with van der Waals surface area (Å²) in [5.74, 6) is 0.0287. The first-order valence-corrected chi connectivity index (χ1v) is 9.73. The van der Waals surface area contributed by atoms with Crippen molar-refractivity contribution in [2.24, 2.45) is 5.73 Å². The van der Waals surface area contributed by atoms with Gasteiger partial charge in [-0.3, -0.25) is 9.69 Å². The van der Waals surface area contributed by atoms with Crippen LogP contribution in [-0.2, 0) is 13.0 Å². The fraction of sp³-hybridized carbons (Fsp3) is 0.474. The van der Waals surface area contributed by atoms with Gasteiger partial charge in [-0.1, -0.05) is 30.3 Å². The van der Waals surface area contributed by atoms with Gasteiger partial charge in [0.1, 0.15) is 5.69 Å². The van der Waals surface area contributed by atoms with Crippen molar-refractivity contribution in [2.75, 3.05) is 26.7 Å². The second kappa shape index (κ2) is 11.6. The molecule has 3 rings (SSSR count).